The second-order valence-corrected chi connectivity index (χ2v) is 7.84. The molecule has 1 aromatic carbocycles. The van der Waals surface area contributed by atoms with E-state index in [0.717, 1.165) is 12.8 Å². The summed E-state index contributed by atoms with van der Waals surface area (Å²) in [7, 11) is -3.67. The van der Waals surface area contributed by atoms with Crippen molar-refractivity contribution in [3.05, 3.63) is 24.3 Å². The highest BCUT2D eigenvalue weighted by atomic mass is 32.2. The zero-order valence-corrected chi connectivity index (χ0v) is 13.4. The summed E-state index contributed by atoms with van der Waals surface area (Å²) in [6, 6.07) is 6.86. The van der Waals surface area contributed by atoms with E-state index in [0.29, 0.717) is 18.4 Å². The van der Waals surface area contributed by atoms with Gasteiger partial charge in [0.2, 0.25) is 10.0 Å². The van der Waals surface area contributed by atoms with Crippen molar-refractivity contribution < 1.29 is 13.2 Å². The van der Waals surface area contributed by atoms with Crippen molar-refractivity contribution in [2.24, 2.45) is 5.14 Å². The zero-order valence-electron chi connectivity index (χ0n) is 12.6. The molecule has 0 spiro atoms. The van der Waals surface area contributed by atoms with Crippen LogP contribution in [0.25, 0.3) is 0 Å². The molecule has 21 heavy (non-hydrogen) atoms. The van der Waals surface area contributed by atoms with Crippen LogP contribution in [0.4, 0.5) is 0 Å². The maximum absolute atomic E-state index is 11.3. The fraction of sp³-hybridized carbons (Fsp3) is 0.600. The van der Waals surface area contributed by atoms with Crippen molar-refractivity contribution in [3.63, 3.8) is 0 Å². The Labute approximate surface area is 126 Å². The number of sulfonamides is 1. The summed E-state index contributed by atoms with van der Waals surface area (Å²) in [6.45, 7) is 5.02. The Morgan fingerprint density at radius 1 is 1.43 bits per heavy atom. The van der Waals surface area contributed by atoms with Crippen LogP contribution in [0.5, 0.6) is 5.75 Å². The molecule has 0 radical (unpaired) electrons. The highest BCUT2D eigenvalue weighted by Crippen LogP contribution is 2.24. The van der Waals surface area contributed by atoms with Crippen LogP contribution in [0.15, 0.2) is 29.2 Å². The van der Waals surface area contributed by atoms with Crippen LogP contribution in [0.2, 0.25) is 0 Å². The Hall–Kier alpha value is -1.11. The van der Waals surface area contributed by atoms with Crippen LogP contribution in [0.3, 0.4) is 0 Å². The molecule has 118 valence electrons. The van der Waals surface area contributed by atoms with Gasteiger partial charge < -0.3 is 10.1 Å². The molecule has 0 amide bonds. The van der Waals surface area contributed by atoms with Gasteiger partial charge in [-0.15, -0.1) is 0 Å². The van der Waals surface area contributed by atoms with Gasteiger partial charge in [0.25, 0.3) is 0 Å². The third-order valence-electron chi connectivity index (χ3n) is 3.81. The summed E-state index contributed by atoms with van der Waals surface area (Å²) in [5.74, 6) is 0.543. The van der Waals surface area contributed by atoms with Gasteiger partial charge in [-0.05, 0) is 51.7 Å². The molecule has 1 saturated heterocycles. The highest BCUT2D eigenvalue weighted by molar-refractivity contribution is 7.89. The van der Waals surface area contributed by atoms with Gasteiger partial charge in [0.15, 0.2) is 0 Å². The predicted octanol–water partition coefficient (Wildman–Crippen LogP) is 2.02. The molecule has 1 fully saturated rings. The minimum Gasteiger partial charge on any atom is -0.494 e. The number of benzene rings is 1. The fourth-order valence-corrected chi connectivity index (χ4v) is 3.26. The minimum atomic E-state index is -3.67. The van der Waals surface area contributed by atoms with Gasteiger partial charge in [-0.2, -0.15) is 0 Å². The van der Waals surface area contributed by atoms with E-state index < -0.39 is 10.0 Å². The van der Waals surface area contributed by atoms with Crippen molar-refractivity contribution in [1.82, 2.24) is 5.32 Å². The lowest BCUT2D eigenvalue weighted by Crippen LogP contribution is -2.37. The molecular formula is C15H24N2O3S. The zero-order chi connectivity index (χ0) is 15.5. The van der Waals surface area contributed by atoms with Crippen molar-refractivity contribution >= 4 is 10.0 Å². The first-order valence-corrected chi connectivity index (χ1v) is 8.84. The molecule has 0 aliphatic carbocycles. The number of rotatable bonds is 6. The minimum absolute atomic E-state index is 0.0826. The van der Waals surface area contributed by atoms with Crippen molar-refractivity contribution in [3.8, 4) is 5.75 Å². The van der Waals surface area contributed by atoms with Gasteiger partial charge in [-0.25, -0.2) is 13.6 Å². The third kappa shape index (κ3) is 4.98. The Morgan fingerprint density at radius 3 is 2.81 bits per heavy atom. The average Bonchev–Trinajstić information content (AvgIpc) is 2.74. The molecule has 3 N–H and O–H groups in total. The Balaban J connectivity index is 1.77. The normalized spacial score (nSPS) is 21.4. The number of primary sulfonamides is 1. The number of hydrogen-bond donors (Lipinski definition) is 2. The van der Waals surface area contributed by atoms with Gasteiger partial charge in [0, 0.05) is 17.6 Å². The van der Waals surface area contributed by atoms with Crippen LogP contribution in [0.1, 0.15) is 39.5 Å². The number of ether oxygens (including phenoxy) is 1. The summed E-state index contributed by atoms with van der Waals surface area (Å²) in [6.07, 6.45) is 4.41. The predicted molar refractivity (Wildman–Crippen MR) is 82.8 cm³/mol. The molecule has 6 heteroatoms. The van der Waals surface area contributed by atoms with Gasteiger partial charge in [0.05, 0.1) is 11.5 Å². The molecule has 1 heterocycles. The fourth-order valence-electron chi connectivity index (χ4n) is 2.71. The lowest BCUT2D eigenvalue weighted by molar-refractivity contribution is 0.295. The molecule has 0 bridgehead atoms. The Bertz CT molecular complexity index is 584. The van der Waals surface area contributed by atoms with E-state index in [-0.39, 0.29) is 10.4 Å². The van der Waals surface area contributed by atoms with Crippen molar-refractivity contribution in [1.29, 1.82) is 0 Å². The number of nitrogens with two attached hydrogens (primary N) is 1. The summed E-state index contributed by atoms with van der Waals surface area (Å²) < 4.78 is 28.1. The van der Waals surface area contributed by atoms with Gasteiger partial charge >= 0.3 is 0 Å². The topological polar surface area (TPSA) is 81.4 Å². The molecule has 5 nitrogen and oxygen atoms in total. The van der Waals surface area contributed by atoms with Crippen molar-refractivity contribution in [2.45, 2.75) is 56.0 Å². The SMILES string of the molecule is CC1(C)CCC(CCCOc2cccc(S(N)(=O)=O)c2)N1. The number of hydrogen-bond acceptors (Lipinski definition) is 4. The van der Waals surface area contributed by atoms with E-state index in [1.165, 1.54) is 25.0 Å². The lowest BCUT2D eigenvalue weighted by atomic mass is 10.0. The van der Waals surface area contributed by atoms with Crippen LogP contribution < -0.4 is 15.2 Å². The van der Waals surface area contributed by atoms with Crippen molar-refractivity contribution in [2.75, 3.05) is 6.61 Å². The van der Waals surface area contributed by atoms with Crippen LogP contribution >= 0.6 is 0 Å². The van der Waals surface area contributed by atoms with Gasteiger partial charge in [-0.3, -0.25) is 0 Å². The van der Waals surface area contributed by atoms with E-state index in [1.807, 2.05) is 0 Å². The van der Waals surface area contributed by atoms with E-state index in [1.54, 1.807) is 12.1 Å². The summed E-state index contributed by atoms with van der Waals surface area (Å²) >= 11 is 0. The monoisotopic (exact) mass is 312 g/mol. The van der Waals surface area contributed by atoms with E-state index in [2.05, 4.69) is 19.2 Å². The number of nitrogens with one attached hydrogen (secondary N) is 1. The molecule has 0 aromatic heterocycles. The van der Waals surface area contributed by atoms with Crippen LogP contribution in [0, 0.1) is 0 Å². The maximum atomic E-state index is 11.3. The van der Waals surface area contributed by atoms with Crippen LogP contribution in [-0.2, 0) is 10.0 Å². The second kappa shape index (κ2) is 6.34. The maximum Gasteiger partial charge on any atom is 0.238 e. The lowest BCUT2D eigenvalue weighted by Gasteiger charge is -2.20. The summed E-state index contributed by atoms with van der Waals surface area (Å²) in [4.78, 5) is 0.0826. The van der Waals surface area contributed by atoms with E-state index in [4.69, 9.17) is 9.88 Å². The van der Waals surface area contributed by atoms with Gasteiger partial charge in [-0.1, -0.05) is 6.07 Å². The van der Waals surface area contributed by atoms with Crippen LogP contribution in [-0.4, -0.2) is 26.6 Å². The summed E-state index contributed by atoms with van der Waals surface area (Å²) in [5.41, 5.74) is 0.245. The quantitative estimate of drug-likeness (QED) is 0.787. The molecule has 0 saturated carbocycles. The average molecular weight is 312 g/mol. The molecule has 1 aliphatic rings. The Kier molecular flexibility index (Phi) is 4.91. The first-order valence-electron chi connectivity index (χ1n) is 7.30. The molecule has 1 aliphatic heterocycles. The standard InChI is InChI=1S/C15H24N2O3S/c1-15(2)9-8-12(17-15)5-4-10-20-13-6-3-7-14(11-13)21(16,18)19/h3,6-7,11-12,17H,4-5,8-10H2,1-2H3,(H2,16,18,19). The first kappa shape index (κ1) is 16.3. The van der Waals surface area contributed by atoms with E-state index in [9.17, 15) is 8.42 Å². The second-order valence-electron chi connectivity index (χ2n) is 6.27. The molecule has 1 unspecified atom stereocenters. The first-order chi connectivity index (χ1) is 9.76. The molecule has 1 aromatic rings. The van der Waals surface area contributed by atoms with Gasteiger partial charge in [0.1, 0.15) is 5.75 Å². The van der Waals surface area contributed by atoms with E-state index >= 15 is 0 Å². The summed E-state index contributed by atoms with van der Waals surface area (Å²) in [5, 5.41) is 8.70. The molecule has 2 rings (SSSR count). The highest BCUT2D eigenvalue weighted by Gasteiger charge is 2.29. The third-order valence-corrected chi connectivity index (χ3v) is 4.72. The molecular weight excluding hydrogens is 288 g/mol. The largest absolute Gasteiger partial charge is 0.494 e. The molecule has 1 atom stereocenters. The smallest absolute Gasteiger partial charge is 0.238 e. The Morgan fingerprint density at radius 2 is 2.19 bits per heavy atom.